The zero-order valence-corrected chi connectivity index (χ0v) is 31.5. The SMILES string of the molecule is CN(C)c1cccc(OCCCCc2ccnc3c2ccc2cccnc23)c1.[Ru].c1ccc(-c2ccccn2)nc1.c1ccc(-c2ccccn2)nc1. The number of fused-ring (bicyclic) bond motifs is 3. The molecule has 0 aliphatic heterocycles. The fraction of sp³-hybridized carbons (Fsp3) is 0.136. The number of benzene rings is 2. The van der Waals surface area contributed by atoms with Crippen molar-refractivity contribution < 1.29 is 24.2 Å². The van der Waals surface area contributed by atoms with Gasteiger partial charge in [0.1, 0.15) is 5.75 Å². The van der Waals surface area contributed by atoms with Gasteiger partial charge in [0.15, 0.2) is 0 Å². The van der Waals surface area contributed by atoms with Crippen LogP contribution in [0.3, 0.4) is 0 Å². The number of hydrogen-bond donors (Lipinski definition) is 0. The zero-order valence-electron chi connectivity index (χ0n) is 29.8. The molecular formula is C44H41N7ORu. The Morgan fingerprint density at radius 2 is 1.06 bits per heavy atom. The number of rotatable bonds is 9. The van der Waals surface area contributed by atoms with Gasteiger partial charge in [0.05, 0.1) is 40.4 Å². The molecule has 0 unspecified atom stereocenters. The molecule has 9 heteroatoms. The normalized spacial score (nSPS) is 10.2. The van der Waals surface area contributed by atoms with Crippen LogP contribution in [-0.2, 0) is 25.9 Å². The Bertz CT molecular complexity index is 2110. The van der Waals surface area contributed by atoms with E-state index in [1.807, 2.05) is 117 Å². The molecule has 0 fully saturated rings. The van der Waals surface area contributed by atoms with E-state index in [1.54, 1.807) is 24.8 Å². The molecule has 6 heterocycles. The van der Waals surface area contributed by atoms with Gasteiger partial charge in [-0.2, -0.15) is 0 Å². The van der Waals surface area contributed by atoms with Gasteiger partial charge in [0, 0.05) is 93.3 Å². The van der Waals surface area contributed by atoms with Gasteiger partial charge in [0.25, 0.3) is 0 Å². The van der Waals surface area contributed by atoms with Gasteiger partial charge in [-0.15, -0.1) is 0 Å². The molecular weight excluding hydrogens is 744 g/mol. The molecule has 8 rings (SSSR count). The molecule has 0 saturated carbocycles. The predicted molar refractivity (Wildman–Crippen MR) is 211 cm³/mol. The van der Waals surface area contributed by atoms with Crippen LogP contribution in [0.15, 0.2) is 165 Å². The Balaban J connectivity index is 0.000000178. The molecule has 53 heavy (non-hydrogen) atoms. The van der Waals surface area contributed by atoms with Crippen molar-refractivity contribution in [3.05, 3.63) is 170 Å². The Morgan fingerprint density at radius 1 is 0.491 bits per heavy atom. The molecule has 6 aromatic heterocycles. The third-order valence-corrected chi connectivity index (χ3v) is 8.20. The Morgan fingerprint density at radius 3 is 1.60 bits per heavy atom. The van der Waals surface area contributed by atoms with Crippen molar-refractivity contribution in [2.75, 3.05) is 25.6 Å². The van der Waals surface area contributed by atoms with Crippen LogP contribution < -0.4 is 9.64 Å². The summed E-state index contributed by atoms with van der Waals surface area (Å²) in [5, 5.41) is 2.33. The number of ether oxygens (including phenoxy) is 1. The first-order chi connectivity index (χ1) is 25.7. The van der Waals surface area contributed by atoms with E-state index in [0.717, 1.165) is 76.5 Å². The van der Waals surface area contributed by atoms with E-state index >= 15 is 0 Å². The number of unbranched alkanes of at least 4 members (excludes halogenated alkanes) is 1. The van der Waals surface area contributed by atoms with E-state index in [1.165, 1.54) is 10.9 Å². The summed E-state index contributed by atoms with van der Waals surface area (Å²) in [7, 11) is 4.08. The van der Waals surface area contributed by atoms with Crippen molar-refractivity contribution in [2.24, 2.45) is 0 Å². The largest absolute Gasteiger partial charge is 0.494 e. The quantitative estimate of drug-likeness (QED) is 0.0813. The standard InChI is InChI=1S/C24H25N3O.2C10H8N2.Ru/c1-27(2)20-9-5-10-21(17-20)28-16-4-3-7-18-13-15-26-24-22(18)12-11-19-8-6-14-25-23(19)24;2*1-3-7-11-9(5-1)10-6-2-4-8-12-10;/h5-6,8-15,17H,3-4,7,16H2,1-2H3;2*1-8H;. The van der Waals surface area contributed by atoms with Crippen molar-refractivity contribution in [1.29, 1.82) is 0 Å². The van der Waals surface area contributed by atoms with Crippen LogP contribution in [0, 0.1) is 0 Å². The van der Waals surface area contributed by atoms with Crippen molar-refractivity contribution >= 4 is 27.5 Å². The molecule has 0 aliphatic rings. The second-order valence-electron chi connectivity index (χ2n) is 12.1. The molecule has 0 radical (unpaired) electrons. The van der Waals surface area contributed by atoms with Crippen LogP contribution in [-0.4, -0.2) is 50.6 Å². The first-order valence-corrected chi connectivity index (χ1v) is 17.3. The minimum Gasteiger partial charge on any atom is -0.494 e. The summed E-state index contributed by atoms with van der Waals surface area (Å²) in [4.78, 5) is 27.9. The summed E-state index contributed by atoms with van der Waals surface area (Å²) >= 11 is 0. The van der Waals surface area contributed by atoms with Crippen molar-refractivity contribution in [2.45, 2.75) is 19.3 Å². The molecule has 0 spiro atoms. The van der Waals surface area contributed by atoms with Gasteiger partial charge in [-0.1, -0.05) is 48.5 Å². The molecule has 0 bridgehead atoms. The first-order valence-electron chi connectivity index (χ1n) is 17.3. The average Bonchev–Trinajstić information content (AvgIpc) is 3.22. The minimum atomic E-state index is 0. The van der Waals surface area contributed by atoms with Gasteiger partial charge in [-0.05, 0) is 97.6 Å². The van der Waals surface area contributed by atoms with E-state index in [9.17, 15) is 0 Å². The van der Waals surface area contributed by atoms with Crippen LogP contribution in [0.25, 0.3) is 44.6 Å². The number of pyridine rings is 6. The second kappa shape index (κ2) is 20.2. The monoisotopic (exact) mass is 785 g/mol. The third-order valence-electron chi connectivity index (χ3n) is 8.20. The molecule has 0 atom stereocenters. The van der Waals surface area contributed by atoms with E-state index in [-0.39, 0.29) is 19.5 Å². The number of nitrogens with zero attached hydrogens (tertiary/aromatic N) is 7. The zero-order chi connectivity index (χ0) is 35.8. The molecule has 8 aromatic rings. The summed E-state index contributed by atoms with van der Waals surface area (Å²) in [5.41, 5.74) is 8.11. The molecule has 8 nitrogen and oxygen atoms in total. The van der Waals surface area contributed by atoms with Gasteiger partial charge in [-0.25, -0.2) is 0 Å². The fourth-order valence-corrected chi connectivity index (χ4v) is 5.55. The van der Waals surface area contributed by atoms with E-state index in [0.29, 0.717) is 0 Å². The van der Waals surface area contributed by atoms with Crippen LogP contribution in [0.2, 0.25) is 0 Å². The fourth-order valence-electron chi connectivity index (χ4n) is 5.55. The molecule has 2 aromatic carbocycles. The number of anilines is 1. The maximum Gasteiger partial charge on any atom is 0.121 e. The molecule has 0 amide bonds. The van der Waals surface area contributed by atoms with Gasteiger partial charge in [0.2, 0.25) is 0 Å². The number of aromatic nitrogens is 6. The maximum absolute atomic E-state index is 5.93. The van der Waals surface area contributed by atoms with E-state index in [2.05, 4.69) is 71.2 Å². The Hall–Kier alpha value is -5.92. The Kier molecular flexibility index (Phi) is 14.6. The van der Waals surface area contributed by atoms with Crippen molar-refractivity contribution in [3.8, 4) is 28.5 Å². The summed E-state index contributed by atoms with van der Waals surface area (Å²) in [6, 6.07) is 41.9. The molecule has 0 saturated heterocycles. The molecule has 0 N–H and O–H groups in total. The summed E-state index contributed by atoms with van der Waals surface area (Å²) in [5.74, 6) is 0.929. The maximum atomic E-state index is 5.93. The van der Waals surface area contributed by atoms with Crippen LogP contribution in [0.1, 0.15) is 18.4 Å². The Labute approximate surface area is 323 Å². The second-order valence-corrected chi connectivity index (χ2v) is 12.1. The van der Waals surface area contributed by atoms with Crippen molar-refractivity contribution in [3.63, 3.8) is 0 Å². The smallest absolute Gasteiger partial charge is 0.121 e. The van der Waals surface area contributed by atoms with Gasteiger partial charge < -0.3 is 9.64 Å². The summed E-state index contributed by atoms with van der Waals surface area (Å²) in [6.45, 7) is 0.727. The van der Waals surface area contributed by atoms with Gasteiger partial charge >= 0.3 is 0 Å². The average molecular weight is 785 g/mol. The topological polar surface area (TPSA) is 89.8 Å². The van der Waals surface area contributed by atoms with E-state index in [4.69, 9.17) is 4.74 Å². The first kappa shape index (κ1) is 38.3. The van der Waals surface area contributed by atoms with Crippen LogP contribution >= 0.6 is 0 Å². The number of aryl methyl sites for hydroxylation is 1. The third kappa shape index (κ3) is 11.0. The molecule has 266 valence electrons. The van der Waals surface area contributed by atoms with Crippen LogP contribution in [0.5, 0.6) is 5.75 Å². The van der Waals surface area contributed by atoms with E-state index < -0.39 is 0 Å². The summed E-state index contributed by atoms with van der Waals surface area (Å²) in [6.07, 6.45) is 13.9. The van der Waals surface area contributed by atoms with Gasteiger partial charge in [-0.3, -0.25) is 29.9 Å². The minimum absolute atomic E-state index is 0. The predicted octanol–water partition coefficient (Wildman–Crippen LogP) is 9.54. The summed E-state index contributed by atoms with van der Waals surface area (Å²) < 4.78 is 5.93. The number of hydrogen-bond acceptors (Lipinski definition) is 8. The van der Waals surface area contributed by atoms with Crippen molar-refractivity contribution in [1.82, 2.24) is 29.9 Å². The van der Waals surface area contributed by atoms with Crippen LogP contribution in [0.4, 0.5) is 5.69 Å². The molecule has 0 aliphatic carbocycles.